The summed E-state index contributed by atoms with van der Waals surface area (Å²) < 4.78 is 18.8. The Morgan fingerprint density at radius 3 is 2.42 bits per heavy atom. The topological polar surface area (TPSA) is 77.7 Å². The van der Waals surface area contributed by atoms with Crippen LogP contribution in [0.15, 0.2) is 53.3 Å². The highest BCUT2D eigenvalue weighted by Gasteiger charge is 2.17. The van der Waals surface area contributed by atoms with Gasteiger partial charge in [-0.1, -0.05) is 13.8 Å². The first-order valence-corrected chi connectivity index (χ1v) is 11.3. The zero-order valence-electron chi connectivity index (χ0n) is 19.4. The number of halogens is 1. The number of fused-ring (bicyclic) bond motifs is 1. The van der Waals surface area contributed by atoms with Crippen LogP contribution in [0.5, 0.6) is 5.75 Å². The van der Waals surface area contributed by atoms with Crippen molar-refractivity contribution >= 4 is 22.6 Å². The molecule has 0 spiro atoms. The summed E-state index contributed by atoms with van der Waals surface area (Å²) in [4.78, 5) is 32.5. The first-order valence-electron chi connectivity index (χ1n) is 11.3. The molecular weight excluding hydrogens is 423 g/mol. The minimum atomic E-state index is -0.375. The summed E-state index contributed by atoms with van der Waals surface area (Å²) in [6.45, 7) is 9.56. The van der Waals surface area contributed by atoms with E-state index in [0.29, 0.717) is 36.5 Å². The lowest BCUT2D eigenvalue weighted by atomic mass is 10.1. The standard InChI is InChI=1S/C25H31FN4O3/c1-4-29(5-2)13-14-30(25(32)27-21-9-7-20(26)8-10-21)17-19-15-18-16-22(33-6-3)11-12-23(18)28-24(19)31/h7-12,15-16H,4-6,13-14,17H2,1-3H3,(H,27,32)(H,28,31). The van der Waals surface area contributed by atoms with E-state index in [-0.39, 0.29) is 24.0 Å². The molecule has 8 heteroatoms. The van der Waals surface area contributed by atoms with Gasteiger partial charge in [0.15, 0.2) is 0 Å². The van der Waals surface area contributed by atoms with Crippen LogP contribution >= 0.6 is 0 Å². The summed E-state index contributed by atoms with van der Waals surface area (Å²) >= 11 is 0. The first kappa shape index (κ1) is 24.3. The smallest absolute Gasteiger partial charge is 0.322 e. The zero-order valence-corrected chi connectivity index (χ0v) is 19.4. The molecular formula is C25H31FN4O3. The van der Waals surface area contributed by atoms with Gasteiger partial charge in [-0.25, -0.2) is 9.18 Å². The third-order valence-electron chi connectivity index (χ3n) is 5.53. The predicted molar refractivity (Wildman–Crippen MR) is 129 cm³/mol. The highest BCUT2D eigenvalue weighted by molar-refractivity contribution is 5.89. The van der Waals surface area contributed by atoms with Crippen molar-refractivity contribution in [1.82, 2.24) is 14.8 Å². The molecule has 7 nitrogen and oxygen atoms in total. The van der Waals surface area contributed by atoms with Crippen molar-refractivity contribution in [2.75, 3.05) is 38.1 Å². The summed E-state index contributed by atoms with van der Waals surface area (Å²) in [5.41, 5.74) is 1.43. The second-order valence-corrected chi connectivity index (χ2v) is 7.69. The number of amides is 2. The molecule has 3 rings (SSSR count). The number of hydrogen-bond donors (Lipinski definition) is 2. The second-order valence-electron chi connectivity index (χ2n) is 7.69. The van der Waals surface area contributed by atoms with Gasteiger partial charge in [0.25, 0.3) is 5.56 Å². The van der Waals surface area contributed by atoms with Crippen molar-refractivity contribution in [3.05, 3.63) is 70.3 Å². The lowest BCUT2D eigenvalue weighted by Gasteiger charge is -2.26. The Labute approximate surface area is 193 Å². The Bertz CT molecular complexity index is 1130. The molecule has 33 heavy (non-hydrogen) atoms. The van der Waals surface area contributed by atoms with Gasteiger partial charge in [-0.15, -0.1) is 0 Å². The fraction of sp³-hybridized carbons (Fsp3) is 0.360. The van der Waals surface area contributed by atoms with Crippen LogP contribution in [0, 0.1) is 5.82 Å². The summed E-state index contributed by atoms with van der Waals surface area (Å²) in [5, 5.41) is 3.63. The highest BCUT2D eigenvalue weighted by atomic mass is 19.1. The van der Waals surface area contributed by atoms with E-state index in [2.05, 4.69) is 29.0 Å². The molecule has 1 heterocycles. The van der Waals surface area contributed by atoms with Gasteiger partial charge in [0, 0.05) is 35.2 Å². The van der Waals surface area contributed by atoms with Crippen LogP contribution in [-0.4, -0.2) is 53.6 Å². The summed E-state index contributed by atoms with van der Waals surface area (Å²) in [6, 6.07) is 12.5. The van der Waals surface area contributed by atoms with E-state index in [4.69, 9.17) is 4.74 Å². The molecule has 0 aliphatic carbocycles. The Kier molecular flexibility index (Phi) is 8.43. The van der Waals surface area contributed by atoms with Gasteiger partial charge in [0.2, 0.25) is 0 Å². The van der Waals surface area contributed by atoms with Crippen molar-refractivity contribution in [2.45, 2.75) is 27.3 Å². The number of pyridine rings is 1. The molecule has 0 fully saturated rings. The lowest BCUT2D eigenvalue weighted by Crippen LogP contribution is -2.41. The molecule has 0 atom stereocenters. The number of aromatic amines is 1. The fourth-order valence-electron chi connectivity index (χ4n) is 3.60. The fourth-order valence-corrected chi connectivity index (χ4v) is 3.60. The van der Waals surface area contributed by atoms with Crippen LogP contribution in [0.2, 0.25) is 0 Å². The number of benzene rings is 2. The van der Waals surface area contributed by atoms with Gasteiger partial charge in [0.1, 0.15) is 11.6 Å². The minimum Gasteiger partial charge on any atom is -0.494 e. The number of nitrogens with one attached hydrogen (secondary N) is 2. The molecule has 3 aromatic rings. The van der Waals surface area contributed by atoms with E-state index in [9.17, 15) is 14.0 Å². The van der Waals surface area contributed by atoms with Gasteiger partial charge in [-0.05, 0) is 68.5 Å². The molecule has 0 radical (unpaired) electrons. The molecule has 0 aliphatic rings. The van der Waals surface area contributed by atoms with Crippen molar-refractivity contribution < 1.29 is 13.9 Å². The maximum absolute atomic E-state index is 13.2. The molecule has 0 bridgehead atoms. The van der Waals surface area contributed by atoms with Gasteiger partial charge < -0.3 is 24.8 Å². The summed E-state index contributed by atoms with van der Waals surface area (Å²) in [6.07, 6.45) is 0. The third kappa shape index (κ3) is 6.55. The highest BCUT2D eigenvalue weighted by Crippen LogP contribution is 2.20. The van der Waals surface area contributed by atoms with Crippen LogP contribution in [-0.2, 0) is 6.54 Å². The molecule has 2 aromatic carbocycles. The number of H-pyrrole nitrogens is 1. The number of nitrogens with zero attached hydrogens (tertiary/aromatic N) is 2. The van der Waals surface area contributed by atoms with E-state index in [1.54, 1.807) is 11.0 Å². The van der Waals surface area contributed by atoms with Crippen LogP contribution in [0.25, 0.3) is 10.9 Å². The number of aromatic nitrogens is 1. The third-order valence-corrected chi connectivity index (χ3v) is 5.53. The van der Waals surface area contributed by atoms with E-state index in [1.807, 2.05) is 25.1 Å². The number of carbonyl (C=O) groups is 1. The number of rotatable bonds is 10. The zero-order chi connectivity index (χ0) is 23.8. The molecule has 0 unspecified atom stereocenters. The number of hydrogen-bond acceptors (Lipinski definition) is 4. The first-order chi connectivity index (χ1) is 15.9. The van der Waals surface area contributed by atoms with Crippen molar-refractivity contribution in [1.29, 1.82) is 0 Å². The van der Waals surface area contributed by atoms with E-state index < -0.39 is 0 Å². The van der Waals surface area contributed by atoms with Gasteiger partial charge >= 0.3 is 6.03 Å². The Balaban J connectivity index is 1.86. The molecule has 0 aliphatic heterocycles. The SMILES string of the molecule is CCOc1ccc2[nH]c(=O)c(CN(CCN(CC)CC)C(=O)Nc3ccc(F)cc3)cc2c1. The quantitative estimate of drug-likeness (QED) is 0.475. The lowest BCUT2D eigenvalue weighted by molar-refractivity contribution is 0.194. The van der Waals surface area contributed by atoms with Crippen LogP contribution in [0.1, 0.15) is 26.3 Å². The number of anilines is 1. The van der Waals surface area contributed by atoms with Gasteiger partial charge in [-0.2, -0.15) is 0 Å². The number of urea groups is 1. The largest absolute Gasteiger partial charge is 0.494 e. The number of likely N-dealkylation sites (N-methyl/N-ethyl adjacent to an activating group) is 1. The van der Waals surface area contributed by atoms with Crippen molar-refractivity contribution in [3.8, 4) is 5.75 Å². The average Bonchev–Trinajstić information content (AvgIpc) is 2.81. The van der Waals surface area contributed by atoms with Crippen LogP contribution in [0.4, 0.5) is 14.9 Å². The average molecular weight is 455 g/mol. The maximum Gasteiger partial charge on any atom is 0.322 e. The van der Waals surface area contributed by atoms with Crippen molar-refractivity contribution in [3.63, 3.8) is 0 Å². The number of ether oxygens (including phenoxy) is 1. The summed E-state index contributed by atoms with van der Waals surface area (Å²) in [5.74, 6) is 0.343. The molecule has 0 saturated carbocycles. The Morgan fingerprint density at radius 2 is 1.76 bits per heavy atom. The Morgan fingerprint density at radius 1 is 1.03 bits per heavy atom. The van der Waals surface area contributed by atoms with Gasteiger partial charge in [-0.3, -0.25) is 4.79 Å². The van der Waals surface area contributed by atoms with Crippen molar-refractivity contribution in [2.24, 2.45) is 0 Å². The minimum absolute atomic E-state index is 0.137. The van der Waals surface area contributed by atoms with Crippen LogP contribution < -0.4 is 15.6 Å². The summed E-state index contributed by atoms with van der Waals surface area (Å²) in [7, 11) is 0. The van der Waals surface area contributed by atoms with Gasteiger partial charge in [0.05, 0.1) is 13.2 Å². The maximum atomic E-state index is 13.2. The van der Waals surface area contributed by atoms with E-state index in [1.165, 1.54) is 24.3 Å². The molecule has 1 aromatic heterocycles. The molecule has 0 saturated heterocycles. The van der Waals surface area contributed by atoms with E-state index in [0.717, 1.165) is 24.2 Å². The monoisotopic (exact) mass is 454 g/mol. The predicted octanol–water partition coefficient (Wildman–Crippen LogP) is 4.44. The number of carbonyl (C=O) groups excluding carboxylic acids is 1. The molecule has 2 amide bonds. The second kappa shape index (κ2) is 11.5. The Hall–Kier alpha value is -3.39. The molecule has 2 N–H and O–H groups in total. The normalized spacial score (nSPS) is 11.1. The molecule has 176 valence electrons. The van der Waals surface area contributed by atoms with E-state index >= 15 is 0 Å². The van der Waals surface area contributed by atoms with Crippen LogP contribution in [0.3, 0.4) is 0 Å².